The SMILES string of the molecule is CCC(F)(F)CN(C)C1CC(O)CCC1C(C)(C)C. The number of hydrogen-bond acceptors (Lipinski definition) is 2. The van der Waals surface area contributed by atoms with E-state index < -0.39 is 5.92 Å². The van der Waals surface area contributed by atoms with Crippen molar-refractivity contribution in [1.82, 2.24) is 4.90 Å². The summed E-state index contributed by atoms with van der Waals surface area (Å²) in [6.07, 6.45) is 1.83. The van der Waals surface area contributed by atoms with Gasteiger partial charge >= 0.3 is 0 Å². The van der Waals surface area contributed by atoms with Gasteiger partial charge in [0.05, 0.1) is 12.6 Å². The van der Waals surface area contributed by atoms with Crippen LogP contribution in [0.4, 0.5) is 8.78 Å². The van der Waals surface area contributed by atoms with Gasteiger partial charge in [-0.25, -0.2) is 8.78 Å². The monoisotopic (exact) mass is 277 g/mol. The molecule has 1 aliphatic carbocycles. The van der Waals surface area contributed by atoms with Crippen LogP contribution in [0.3, 0.4) is 0 Å². The third-order valence-electron chi connectivity index (χ3n) is 4.47. The van der Waals surface area contributed by atoms with Crippen LogP contribution in [-0.4, -0.2) is 41.7 Å². The van der Waals surface area contributed by atoms with Crippen LogP contribution in [0.2, 0.25) is 0 Å². The van der Waals surface area contributed by atoms with Crippen LogP contribution < -0.4 is 0 Å². The molecule has 0 bridgehead atoms. The number of rotatable bonds is 4. The van der Waals surface area contributed by atoms with Crippen LogP contribution in [0.15, 0.2) is 0 Å². The summed E-state index contributed by atoms with van der Waals surface area (Å²) >= 11 is 0. The van der Waals surface area contributed by atoms with E-state index in [-0.39, 0.29) is 30.5 Å². The summed E-state index contributed by atoms with van der Waals surface area (Å²) in [7, 11) is 1.77. The smallest absolute Gasteiger partial charge is 0.260 e. The highest BCUT2D eigenvalue weighted by Gasteiger charge is 2.41. The van der Waals surface area contributed by atoms with Gasteiger partial charge in [0.25, 0.3) is 5.92 Å². The first-order valence-corrected chi connectivity index (χ1v) is 7.33. The summed E-state index contributed by atoms with van der Waals surface area (Å²) in [5.41, 5.74) is 0.0839. The van der Waals surface area contributed by atoms with Crippen molar-refractivity contribution in [3.8, 4) is 0 Å². The molecule has 1 saturated carbocycles. The Morgan fingerprint density at radius 2 is 1.79 bits per heavy atom. The van der Waals surface area contributed by atoms with Gasteiger partial charge < -0.3 is 5.11 Å². The first kappa shape index (κ1) is 16.8. The minimum atomic E-state index is -2.64. The second-order valence-electron chi connectivity index (χ2n) is 7.13. The molecule has 0 aliphatic heterocycles. The van der Waals surface area contributed by atoms with Gasteiger partial charge in [0.15, 0.2) is 0 Å². The van der Waals surface area contributed by atoms with Crippen LogP contribution in [0.5, 0.6) is 0 Å². The van der Waals surface area contributed by atoms with Gasteiger partial charge in [-0.3, -0.25) is 4.90 Å². The fourth-order valence-electron chi connectivity index (χ4n) is 3.22. The number of hydrogen-bond donors (Lipinski definition) is 1. The Bertz CT molecular complexity index is 288. The van der Waals surface area contributed by atoms with E-state index in [0.29, 0.717) is 12.3 Å². The highest BCUT2D eigenvalue weighted by Crippen LogP contribution is 2.40. The third-order valence-corrected chi connectivity index (χ3v) is 4.47. The molecule has 3 atom stereocenters. The van der Waals surface area contributed by atoms with Gasteiger partial charge in [0.2, 0.25) is 0 Å². The van der Waals surface area contributed by atoms with Crippen LogP contribution in [0.1, 0.15) is 53.4 Å². The average molecular weight is 277 g/mol. The minimum Gasteiger partial charge on any atom is -0.393 e. The minimum absolute atomic E-state index is 0.0428. The topological polar surface area (TPSA) is 23.5 Å². The molecular weight excluding hydrogens is 248 g/mol. The highest BCUT2D eigenvalue weighted by molar-refractivity contribution is 4.92. The van der Waals surface area contributed by atoms with Crippen LogP contribution in [0.25, 0.3) is 0 Å². The van der Waals surface area contributed by atoms with E-state index >= 15 is 0 Å². The molecule has 0 radical (unpaired) electrons. The molecule has 0 spiro atoms. The predicted molar refractivity (Wildman–Crippen MR) is 74.5 cm³/mol. The fourth-order valence-corrected chi connectivity index (χ4v) is 3.22. The second kappa shape index (κ2) is 6.04. The van der Waals surface area contributed by atoms with E-state index in [1.165, 1.54) is 6.92 Å². The average Bonchev–Trinajstić information content (AvgIpc) is 2.26. The Balaban J connectivity index is 2.79. The van der Waals surface area contributed by atoms with Crippen molar-refractivity contribution in [2.75, 3.05) is 13.6 Å². The zero-order valence-electron chi connectivity index (χ0n) is 12.9. The molecule has 3 unspecified atom stereocenters. The normalized spacial score (nSPS) is 29.8. The zero-order valence-corrected chi connectivity index (χ0v) is 12.9. The van der Waals surface area contributed by atoms with Gasteiger partial charge in [-0.2, -0.15) is 0 Å². The van der Waals surface area contributed by atoms with Gasteiger partial charge in [0, 0.05) is 12.5 Å². The largest absolute Gasteiger partial charge is 0.393 e. The summed E-state index contributed by atoms with van der Waals surface area (Å²) in [5.74, 6) is -2.28. The van der Waals surface area contributed by atoms with Gasteiger partial charge in [-0.1, -0.05) is 27.7 Å². The number of alkyl halides is 2. The highest BCUT2D eigenvalue weighted by atomic mass is 19.3. The summed E-state index contributed by atoms with van der Waals surface area (Å²) in [4.78, 5) is 1.77. The quantitative estimate of drug-likeness (QED) is 0.849. The number of aliphatic hydroxyl groups is 1. The molecule has 1 fully saturated rings. The van der Waals surface area contributed by atoms with E-state index in [1.807, 2.05) is 0 Å². The summed E-state index contributed by atoms with van der Waals surface area (Å²) in [6.45, 7) is 7.79. The first-order valence-electron chi connectivity index (χ1n) is 7.33. The van der Waals surface area contributed by atoms with Gasteiger partial charge in [0.1, 0.15) is 0 Å². The van der Waals surface area contributed by atoms with Crippen molar-refractivity contribution in [3.05, 3.63) is 0 Å². The molecule has 19 heavy (non-hydrogen) atoms. The Labute approximate surface area is 116 Å². The first-order chi connectivity index (χ1) is 8.57. The standard InChI is InChI=1S/C15H29F2NO/c1-6-15(16,17)10-18(5)13-9-11(19)7-8-12(13)14(2,3)4/h11-13,19H,6-10H2,1-5H3. The fraction of sp³-hybridized carbons (Fsp3) is 1.00. The molecule has 2 nitrogen and oxygen atoms in total. The Hall–Kier alpha value is -0.220. The summed E-state index contributed by atoms with van der Waals surface area (Å²) in [6, 6.07) is 0.0428. The van der Waals surface area contributed by atoms with Crippen LogP contribution in [-0.2, 0) is 0 Å². The molecular formula is C15H29F2NO. The molecule has 114 valence electrons. The number of halogens is 2. The molecule has 0 amide bonds. The maximum atomic E-state index is 13.6. The Morgan fingerprint density at radius 3 is 2.26 bits per heavy atom. The van der Waals surface area contributed by atoms with Crippen molar-refractivity contribution in [1.29, 1.82) is 0 Å². The van der Waals surface area contributed by atoms with E-state index in [9.17, 15) is 13.9 Å². The van der Waals surface area contributed by atoms with Gasteiger partial charge in [-0.15, -0.1) is 0 Å². The third kappa shape index (κ3) is 4.67. The lowest BCUT2D eigenvalue weighted by Gasteiger charge is -2.46. The number of nitrogens with zero attached hydrogens (tertiary/aromatic N) is 1. The maximum Gasteiger partial charge on any atom is 0.260 e. The Morgan fingerprint density at radius 1 is 1.21 bits per heavy atom. The molecule has 0 heterocycles. The zero-order chi connectivity index (χ0) is 14.8. The van der Waals surface area contributed by atoms with E-state index in [1.54, 1.807) is 11.9 Å². The molecule has 0 aromatic carbocycles. The van der Waals surface area contributed by atoms with Crippen molar-refractivity contribution < 1.29 is 13.9 Å². The lowest BCUT2D eigenvalue weighted by molar-refractivity contribution is -0.0687. The molecule has 1 rings (SSSR count). The molecule has 1 aliphatic rings. The Kier molecular flexibility index (Phi) is 5.35. The second-order valence-corrected chi connectivity index (χ2v) is 7.13. The lowest BCUT2D eigenvalue weighted by atomic mass is 9.68. The van der Waals surface area contributed by atoms with Gasteiger partial charge in [-0.05, 0) is 37.6 Å². The van der Waals surface area contributed by atoms with Crippen molar-refractivity contribution in [2.24, 2.45) is 11.3 Å². The molecule has 0 saturated heterocycles. The van der Waals surface area contributed by atoms with E-state index in [2.05, 4.69) is 20.8 Å². The maximum absolute atomic E-state index is 13.6. The summed E-state index contributed by atoms with van der Waals surface area (Å²) in [5, 5.41) is 9.85. The predicted octanol–water partition coefficient (Wildman–Crippen LogP) is 3.54. The molecule has 0 aromatic rings. The van der Waals surface area contributed by atoms with E-state index in [0.717, 1.165) is 12.8 Å². The van der Waals surface area contributed by atoms with Crippen molar-refractivity contribution >= 4 is 0 Å². The van der Waals surface area contributed by atoms with Crippen LogP contribution in [0, 0.1) is 11.3 Å². The summed E-state index contributed by atoms with van der Waals surface area (Å²) < 4.78 is 27.1. The number of aliphatic hydroxyl groups excluding tert-OH is 1. The van der Waals surface area contributed by atoms with E-state index in [4.69, 9.17) is 0 Å². The van der Waals surface area contributed by atoms with Crippen molar-refractivity contribution in [2.45, 2.75) is 71.4 Å². The molecule has 1 N–H and O–H groups in total. The van der Waals surface area contributed by atoms with Crippen LogP contribution >= 0.6 is 0 Å². The molecule has 0 aromatic heterocycles. The van der Waals surface area contributed by atoms with Crippen molar-refractivity contribution in [3.63, 3.8) is 0 Å². The molecule has 4 heteroatoms. The lowest BCUT2D eigenvalue weighted by Crippen LogP contribution is -2.51.